The van der Waals surface area contributed by atoms with Crippen molar-refractivity contribution >= 4 is 11.3 Å². The highest BCUT2D eigenvalue weighted by atomic mass is 32.1. The van der Waals surface area contributed by atoms with Gasteiger partial charge in [0.2, 0.25) is 0 Å². The Morgan fingerprint density at radius 3 is 2.48 bits per heavy atom. The molecule has 0 atom stereocenters. The second-order valence-corrected chi connectivity index (χ2v) is 8.56. The van der Waals surface area contributed by atoms with Crippen molar-refractivity contribution in [3.8, 4) is 22.4 Å². The number of fused-ring (bicyclic) bond motifs is 4. The average molecular weight is 376 g/mol. The van der Waals surface area contributed by atoms with Crippen LogP contribution in [0.4, 0.5) is 0 Å². The Bertz CT molecular complexity index is 897. The van der Waals surface area contributed by atoms with Gasteiger partial charge in [-0.05, 0) is 43.1 Å². The van der Waals surface area contributed by atoms with Crippen molar-refractivity contribution in [2.45, 2.75) is 25.4 Å². The van der Waals surface area contributed by atoms with Crippen molar-refractivity contribution in [1.82, 2.24) is 14.8 Å². The standard InChI is InChI=1S/C23H25N3S/c1-2-5-18(6-3-1)19-7-4-8-20(15-19)22-17-27-23(24-22)16-26-14-13-25-11-9-21(26)10-12-25/h1-8,15,17,21H,9-14,16H2. The van der Waals surface area contributed by atoms with E-state index in [-0.39, 0.29) is 0 Å². The molecule has 3 fully saturated rings. The van der Waals surface area contributed by atoms with Gasteiger partial charge in [-0.2, -0.15) is 0 Å². The molecule has 2 bridgehead atoms. The van der Waals surface area contributed by atoms with Gasteiger partial charge in [0.25, 0.3) is 0 Å². The maximum Gasteiger partial charge on any atom is 0.107 e. The van der Waals surface area contributed by atoms with Crippen molar-refractivity contribution in [1.29, 1.82) is 0 Å². The van der Waals surface area contributed by atoms with Gasteiger partial charge in [0.1, 0.15) is 5.01 Å². The van der Waals surface area contributed by atoms with Crippen LogP contribution in [-0.4, -0.2) is 47.0 Å². The van der Waals surface area contributed by atoms with Gasteiger partial charge in [0.05, 0.1) is 12.2 Å². The minimum Gasteiger partial charge on any atom is -0.302 e. The van der Waals surface area contributed by atoms with Gasteiger partial charge in [-0.15, -0.1) is 11.3 Å². The van der Waals surface area contributed by atoms with Crippen LogP contribution in [0.5, 0.6) is 0 Å². The fourth-order valence-corrected chi connectivity index (χ4v) is 5.18. The van der Waals surface area contributed by atoms with Crippen molar-refractivity contribution in [2.24, 2.45) is 0 Å². The summed E-state index contributed by atoms with van der Waals surface area (Å²) < 4.78 is 0. The van der Waals surface area contributed by atoms with E-state index < -0.39 is 0 Å². The van der Waals surface area contributed by atoms with Crippen LogP contribution in [0.25, 0.3) is 22.4 Å². The van der Waals surface area contributed by atoms with Crippen molar-refractivity contribution in [3.05, 3.63) is 65.0 Å². The molecule has 138 valence electrons. The largest absolute Gasteiger partial charge is 0.302 e. The predicted octanol–water partition coefficient (Wildman–Crippen LogP) is 4.76. The van der Waals surface area contributed by atoms with E-state index in [1.54, 1.807) is 11.3 Å². The SMILES string of the molecule is c1ccc(-c2cccc(-c3csc(CN4CCN5CCC4CC5)n3)c2)cc1. The lowest BCUT2D eigenvalue weighted by atomic mass is 10.0. The normalized spacial score (nSPS) is 22.7. The van der Waals surface area contributed by atoms with Gasteiger partial charge in [-0.25, -0.2) is 4.98 Å². The highest BCUT2D eigenvalue weighted by Crippen LogP contribution is 2.29. The maximum absolute atomic E-state index is 4.99. The van der Waals surface area contributed by atoms with Crippen molar-refractivity contribution < 1.29 is 0 Å². The van der Waals surface area contributed by atoms with Gasteiger partial charge in [-0.3, -0.25) is 4.90 Å². The lowest BCUT2D eigenvalue weighted by Crippen LogP contribution is -2.37. The number of piperidine rings is 1. The molecule has 3 aliphatic heterocycles. The zero-order valence-electron chi connectivity index (χ0n) is 15.6. The van der Waals surface area contributed by atoms with Crippen molar-refractivity contribution in [3.63, 3.8) is 0 Å². The highest BCUT2D eigenvalue weighted by Gasteiger charge is 2.29. The monoisotopic (exact) mass is 375 g/mol. The van der Waals surface area contributed by atoms with Gasteiger partial charge < -0.3 is 4.90 Å². The summed E-state index contributed by atoms with van der Waals surface area (Å²) in [5.74, 6) is 0. The molecule has 6 rings (SSSR count). The third-order valence-electron chi connectivity index (χ3n) is 5.93. The molecule has 3 saturated heterocycles. The lowest BCUT2D eigenvalue weighted by Gasteiger charge is -2.30. The summed E-state index contributed by atoms with van der Waals surface area (Å²) in [6.07, 6.45) is 2.63. The summed E-state index contributed by atoms with van der Waals surface area (Å²) >= 11 is 1.81. The first-order valence-electron chi connectivity index (χ1n) is 9.92. The van der Waals surface area contributed by atoms with E-state index in [0.717, 1.165) is 18.3 Å². The number of hydrogen-bond acceptors (Lipinski definition) is 4. The van der Waals surface area contributed by atoms with Crippen LogP contribution < -0.4 is 0 Å². The molecular weight excluding hydrogens is 350 g/mol. The van der Waals surface area contributed by atoms with Crippen LogP contribution in [0, 0.1) is 0 Å². The molecular formula is C23H25N3S. The number of aromatic nitrogens is 1. The highest BCUT2D eigenvalue weighted by molar-refractivity contribution is 7.09. The molecule has 3 aliphatic rings. The lowest BCUT2D eigenvalue weighted by molar-refractivity contribution is 0.176. The average Bonchev–Trinajstić information content (AvgIpc) is 3.03. The van der Waals surface area contributed by atoms with E-state index in [4.69, 9.17) is 4.98 Å². The molecule has 0 saturated carbocycles. The van der Waals surface area contributed by atoms with E-state index >= 15 is 0 Å². The van der Waals surface area contributed by atoms with Crippen LogP contribution in [0.15, 0.2) is 60.0 Å². The van der Waals surface area contributed by atoms with Crippen molar-refractivity contribution in [2.75, 3.05) is 26.2 Å². The Labute approximate surface area is 165 Å². The summed E-state index contributed by atoms with van der Waals surface area (Å²) in [6.45, 7) is 5.95. The molecule has 0 N–H and O–H groups in total. The fraction of sp³-hybridized carbons (Fsp3) is 0.348. The second-order valence-electron chi connectivity index (χ2n) is 7.62. The van der Waals surface area contributed by atoms with E-state index in [9.17, 15) is 0 Å². The van der Waals surface area contributed by atoms with Crippen LogP contribution in [-0.2, 0) is 6.54 Å². The number of nitrogens with zero attached hydrogens (tertiary/aromatic N) is 3. The Morgan fingerprint density at radius 1 is 0.852 bits per heavy atom. The van der Waals surface area contributed by atoms with Gasteiger partial charge in [0.15, 0.2) is 0 Å². The first-order valence-corrected chi connectivity index (χ1v) is 10.8. The summed E-state index contributed by atoms with van der Waals surface area (Å²) in [5, 5.41) is 3.47. The molecule has 2 aromatic carbocycles. The molecule has 27 heavy (non-hydrogen) atoms. The summed E-state index contributed by atoms with van der Waals surface area (Å²) in [7, 11) is 0. The Balaban J connectivity index is 1.35. The molecule has 0 amide bonds. The Hall–Kier alpha value is -2.01. The Morgan fingerprint density at radius 2 is 1.63 bits per heavy atom. The third kappa shape index (κ3) is 3.70. The van der Waals surface area contributed by atoms with E-state index in [2.05, 4.69) is 69.8 Å². The van der Waals surface area contributed by atoms with Gasteiger partial charge in [-0.1, -0.05) is 48.5 Å². The fourth-order valence-electron chi connectivity index (χ4n) is 4.35. The summed E-state index contributed by atoms with van der Waals surface area (Å²) in [5.41, 5.74) is 4.82. The third-order valence-corrected chi connectivity index (χ3v) is 6.77. The first kappa shape index (κ1) is 17.1. The molecule has 1 aromatic heterocycles. The minimum atomic E-state index is 0.748. The molecule has 4 heterocycles. The van der Waals surface area contributed by atoms with E-state index in [1.807, 2.05) is 0 Å². The quantitative estimate of drug-likeness (QED) is 0.655. The molecule has 0 spiro atoms. The van der Waals surface area contributed by atoms with Crippen LogP contribution in [0.3, 0.4) is 0 Å². The number of hydrogen-bond donors (Lipinski definition) is 0. The Kier molecular flexibility index (Phi) is 4.78. The zero-order chi connectivity index (χ0) is 18.1. The van der Waals surface area contributed by atoms with E-state index in [0.29, 0.717) is 0 Å². The topological polar surface area (TPSA) is 19.4 Å². The molecule has 0 aliphatic carbocycles. The summed E-state index contributed by atoms with van der Waals surface area (Å²) in [6, 6.07) is 20.1. The smallest absolute Gasteiger partial charge is 0.107 e. The van der Waals surface area contributed by atoms with E-state index in [1.165, 1.54) is 60.7 Å². The minimum absolute atomic E-state index is 0.748. The number of benzene rings is 2. The molecule has 0 unspecified atom stereocenters. The molecule has 3 nitrogen and oxygen atoms in total. The van der Waals surface area contributed by atoms with Crippen LogP contribution >= 0.6 is 11.3 Å². The van der Waals surface area contributed by atoms with Crippen LogP contribution in [0.1, 0.15) is 17.8 Å². The first-order chi connectivity index (χ1) is 13.3. The second kappa shape index (κ2) is 7.55. The molecule has 4 heteroatoms. The van der Waals surface area contributed by atoms with Gasteiger partial charge in [0, 0.05) is 30.1 Å². The summed E-state index contributed by atoms with van der Waals surface area (Å²) in [4.78, 5) is 10.3. The molecule has 3 aromatic rings. The van der Waals surface area contributed by atoms with Crippen LogP contribution in [0.2, 0.25) is 0 Å². The zero-order valence-corrected chi connectivity index (χ0v) is 16.4. The predicted molar refractivity (Wildman–Crippen MR) is 113 cm³/mol. The maximum atomic E-state index is 4.99. The van der Waals surface area contributed by atoms with Gasteiger partial charge >= 0.3 is 0 Å². The molecule has 0 radical (unpaired) electrons. The number of rotatable bonds is 4. The number of thiazole rings is 1.